The molecule has 0 unspecified atom stereocenters. The fourth-order valence-electron chi connectivity index (χ4n) is 5.25. The van der Waals surface area contributed by atoms with Crippen LogP contribution in [0.1, 0.15) is 44.1 Å². The number of aromatic nitrogens is 1. The third-order valence-corrected chi connectivity index (χ3v) is 6.96. The smallest absolute Gasteiger partial charge is 0.126 e. The van der Waals surface area contributed by atoms with Crippen molar-refractivity contribution in [3.63, 3.8) is 0 Å². The molecule has 2 heterocycles. The zero-order valence-electron chi connectivity index (χ0n) is 18.5. The first-order chi connectivity index (χ1) is 15.8. The van der Waals surface area contributed by atoms with E-state index in [0.717, 1.165) is 24.5 Å². The normalized spacial score (nSPS) is 23.6. The lowest BCUT2D eigenvalue weighted by atomic mass is 9.89. The number of nitrogens with one attached hydrogen (secondary N) is 2. The summed E-state index contributed by atoms with van der Waals surface area (Å²) in [6, 6.07) is 22.1. The Kier molecular flexibility index (Phi) is 6.22. The Balaban J connectivity index is 1.24. The predicted molar refractivity (Wildman–Crippen MR) is 131 cm³/mol. The second-order valence-electron chi connectivity index (χ2n) is 9.17. The monoisotopic (exact) mass is 425 g/mol. The quantitative estimate of drug-likeness (QED) is 0.596. The number of benzene rings is 2. The summed E-state index contributed by atoms with van der Waals surface area (Å²) in [5, 5.41) is 19.2. The summed E-state index contributed by atoms with van der Waals surface area (Å²) in [4.78, 5) is 7.13. The first-order valence-electron chi connectivity index (χ1n) is 11.9. The lowest BCUT2D eigenvalue weighted by Gasteiger charge is -2.40. The number of nitrogens with zero attached hydrogens (tertiary/aromatic N) is 3. The van der Waals surface area contributed by atoms with E-state index in [-0.39, 0.29) is 0 Å². The van der Waals surface area contributed by atoms with E-state index in [1.807, 2.05) is 18.3 Å². The molecule has 0 amide bonds. The molecule has 5 heteroatoms. The molecular formula is C27H31N5. The van der Waals surface area contributed by atoms with Gasteiger partial charge in [-0.15, -0.1) is 0 Å². The van der Waals surface area contributed by atoms with Crippen LogP contribution in [0, 0.1) is 11.3 Å². The molecule has 1 aliphatic carbocycles. The molecule has 3 atom stereocenters. The van der Waals surface area contributed by atoms with Gasteiger partial charge in [-0.3, -0.25) is 0 Å². The molecule has 2 aliphatic rings. The molecule has 1 saturated heterocycles. The first-order valence-corrected chi connectivity index (χ1v) is 11.9. The summed E-state index contributed by atoms with van der Waals surface area (Å²) >= 11 is 0. The van der Waals surface area contributed by atoms with Crippen LogP contribution in [0.5, 0.6) is 0 Å². The molecule has 5 rings (SSSR count). The molecule has 164 valence electrons. The van der Waals surface area contributed by atoms with Crippen LogP contribution in [0.3, 0.4) is 0 Å². The van der Waals surface area contributed by atoms with Gasteiger partial charge in [-0.25, -0.2) is 4.98 Å². The van der Waals surface area contributed by atoms with Gasteiger partial charge in [-0.1, -0.05) is 37.1 Å². The van der Waals surface area contributed by atoms with E-state index < -0.39 is 0 Å². The zero-order chi connectivity index (χ0) is 21.8. The van der Waals surface area contributed by atoms with Crippen molar-refractivity contribution in [1.29, 1.82) is 5.26 Å². The van der Waals surface area contributed by atoms with Gasteiger partial charge in [0.15, 0.2) is 0 Å². The van der Waals surface area contributed by atoms with E-state index in [1.54, 1.807) is 0 Å². The molecule has 1 saturated carbocycles. The molecule has 5 nitrogen and oxygen atoms in total. The molecule has 3 aromatic rings. The van der Waals surface area contributed by atoms with Gasteiger partial charge in [0.2, 0.25) is 0 Å². The Hall–Kier alpha value is -3.10. The number of fused-ring (bicyclic) bond motifs is 1. The van der Waals surface area contributed by atoms with Gasteiger partial charge in [-0.2, -0.15) is 5.26 Å². The van der Waals surface area contributed by atoms with Gasteiger partial charge in [0.1, 0.15) is 5.82 Å². The molecule has 2 fully saturated rings. The standard InChI is InChI=1S/C27H31N5/c28-17-20-11-13-24(14-12-20)32-15-5-8-23(19-32)30-25-9-3-4-10-26(25)31-27-16-21-6-1-2-7-22(21)18-29-27/h1-2,6-7,11-14,16,18,23,25-26,30H,3-5,8-10,15,19H2,(H,29,31)/t23-,25+,26+/m0/s1. The lowest BCUT2D eigenvalue weighted by Crippen LogP contribution is -2.54. The summed E-state index contributed by atoms with van der Waals surface area (Å²) in [6.45, 7) is 2.10. The first kappa shape index (κ1) is 20.8. The number of rotatable bonds is 5. The fraction of sp³-hybridized carbons (Fsp3) is 0.407. The van der Waals surface area contributed by atoms with Gasteiger partial charge < -0.3 is 15.5 Å². The van der Waals surface area contributed by atoms with E-state index in [9.17, 15) is 0 Å². The molecule has 32 heavy (non-hydrogen) atoms. The maximum absolute atomic E-state index is 9.06. The van der Waals surface area contributed by atoms with E-state index in [1.165, 1.54) is 55.0 Å². The van der Waals surface area contributed by atoms with Crippen molar-refractivity contribution >= 4 is 22.3 Å². The molecule has 0 spiro atoms. The number of piperidine rings is 1. The van der Waals surface area contributed by atoms with Crippen LogP contribution in [-0.2, 0) is 0 Å². The summed E-state index contributed by atoms with van der Waals surface area (Å²) in [5.41, 5.74) is 1.94. The minimum atomic E-state index is 0.405. The third kappa shape index (κ3) is 4.71. The summed E-state index contributed by atoms with van der Waals surface area (Å²) in [7, 11) is 0. The van der Waals surface area contributed by atoms with Crippen molar-refractivity contribution in [2.45, 2.75) is 56.7 Å². The maximum atomic E-state index is 9.06. The van der Waals surface area contributed by atoms with Crippen molar-refractivity contribution in [1.82, 2.24) is 10.3 Å². The molecular weight excluding hydrogens is 394 g/mol. The van der Waals surface area contributed by atoms with E-state index in [0.29, 0.717) is 18.1 Å². The Bertz CT molecular complexity index is 1090. The summed E-state index contributed by atoms with van der Waals surface area (Å²) in [5.74, 6) is 0.977. The average Bonchev–Trinajstić information content (AvgIpc) is 2.85. The van der Waals surface area contributed by atoms with Gasteiger partial charge >= 0.3 is 0 Å². The number of anilines is 2. The van der Waals surface area contributed by atoms with Gasteiger partial charge in [0.25, 0.3) is 0 Å². The van der Waals surface area contributed by atoms with E-state index in [2.05, 4.69) is 69.1 Å². The number of hydrogen-bond donors (Lipinski definition) is 2. The van der Waals surface area contributed by atoms with Gasteiger partial charge in [-0.05, 0) is 61.4 Å². The van der Waals surface area contributed by atoms with Gasteiger partial charge in [0.05, 0.1) is 11.6 Å². The number of nitriles is 1. The predicted octanol–water partition coefficient (Wildman–Crippen LogP) is 5.09. The largest absolute Gasteiger partial charge is 0.370 e. The minimum absolute atomic E-state index is 0.405. The summed E-state index contributed by atoms with van der Waals surface area (Å²) in [6.07, 6.45) is 9.31. The second kappa shape index (κ2) is 9.58. The zero-order valence-corrected chi connectivity index (χ0v) is 18.5. The Morgan fingerprint density at radius 3 is 2.50 bits per heavy atom. The van der Waals surface area contributed by atoms with Crippen LogP contribution in [0.4, 0.5) is 11.5 Å². The van der Waals surface area contributed by atoms with Crippen molar-refractivity contribution in [2.75, 3.05) is 23.3 Å². The topological polar surface area (TPSA) is 64.0 Å². The molecule has 2 N–H and O–H groups in total. The lowest BCUT2D eigenvalue weighted by molar-refractivity contribution is 0.293. The minimum Gasteiger partial charge on any atom is -0.370 e. The van der Waals surface area contributed by atoms with Crippen molar-refractivity contribution in [3.8, 4) is 6.07 Å². The number of hydrogen-bond acceptors (Lipinski definition) is 5. The molecule has 2 aromatic carbocycles. The molecule has 0 bridgehead atoms. The van der Waals surface area contributed by atoms with Crippen LogP contribution in [0.2, 0.25) is 0 Å². The van der Waals surface area contributed by atoms with Crippen LogP contribution < -0.4 is 15.5 Å². The molecule has 0 radical (unpaired) electrons. The Morgan fingerprint density at radius 1 is 0.906 bits per heavy atom. The highest BCUT2D eigenvalue weighted by atomic mass is 15.2. The Morgan fingerprint density at radius 2 is 1.69 bits per heavy atom. The van der Waals surface area contributed by atoms with Crippen molar-refractivity contribution in [2.24, 2.45) is 0 Å². The highest BCUT2D eigenvalue weighted by Gasteiger charge is 2.29. The summed E-state index contributed by atoms with van der Waals surface area (Å²) < 4.78 is 0. The Labute approximate surface area is 190 Å². The molecule has 1 aromatic heterocycles. The fourth-order valence-corrected chi connectivity index (χ4v) is 5.25. The van der Waals surface area contributed by atoms with Crippen LogP contribution in [0.15, 0.2) is 60.8 Å². The maximum Gasteiger partial charge on any atom is 0.126 e. The van der Waals surface area contributed by atoms with E-state index in [4.69, 9.17) is 5.26 Å². The van der Waals surface area contributed by atoms with Crippen molar-refractivity contribution < 1.29 is 0 Å². The van der Waals surface area contributed by atoms with Gasteiger partial charge in [0, 0.05) is 48.5 Å². The molecule has 1 aliphatic heterocycles. The highest BCUT2D eigenvalue weighted by Crippen LogP contribution is 2.26. The SMILES string of the molecule is N#Cc1ccc(N2CCC[C@H](N[C@@H]3CCCC[C@H]3Nc3cc4ccccc4cn3)C2)cc1. The third-order valence-electron chi connectivity index (χ3n) is 6.96. The van der Waals surface area contributed by atoms with Crippen molar-refractivity contribution in [3.05, 3.63) is 66.4 Å². The van der Waals surface area contributed by atoms with Crippen LogP contribution in [-0.4, -0.2) is 36.2 Å². The van der Waals surface area contributed by atoms with E-state index >= 15 is 0 Å². The number of pyridine rings is 1. The van der Waals surface area contributed by atoms with Crippen LogP contribution in [0.25, 0.3) is 10.8 Å². The second-order valence-corrected chi connectivity index (χ2v) is 9.17. The van der Waals surface area contributed by atoms with Crippen LogP contribution >= 0.6 is 0 Å². The average molecular weight is 426 g/mol. The highest BCUT2D eigenvalue weighted by molar-refractivity contribution is 5.83.